The van der Waals surface area contributed by atoms with Crippen LogP contribution in [0.3, 0.4) is 0 Å². The molecule has 0 amide bonds. The Balaban J connectivity index is 2.90. The van der Waals surface area contributed by atoms with Crippen LogP contribution < -0.4 is 0 Å². The Morgan fingerprint density at radius 1 is 1.29 bits per heavy atom. The molecule has 0 fully saturated rings. The van der Waals surface area contributed by atoms with Crippen LogP contribution in [0.1, 0.15) is 58.9 Å². The standard InChI is InChI=1S/C18H18F5NO4/c1-8(2)6-9-10(7-12-11(25)4-5-28-12)15(18(21,22)23)24-14(16(19)20)13(9)17(26)27-3/h4-5,8,16,25H,6-7H2,1-3H3. The number of aromatic hydroxyl groups is 1. The van der Waals surface area contributed by atoms with Crippen molar-refractivity contribution in [2.24, 2.45) is 5.92 Å². The minimum atomic E-state index is -5.07. The van der Waals surface area contributed by atoms with E-state index in [-0.39, 0.29) is 23.7 Å². The molecule has 5 nitrogen and oxygen atoms in total. The number of hydrogen-bond acceptors (Lipinski definition) is 5. The van der Waals surface area contributed by atoms with E-state index >= 15 is 0 Å². The molecule has 0 unspecified atom stereocenters. The van der Waals surface area contributed by atoms with Gasteiger partial charge in [0.05, 0.1) is 18.9 Å². The zero-order chi connectivity index (χ0) is 21.2. The Labute approximate surface area is 157 Å². The lowest BCUT2D eigenvalue weighted by atomic mass is 9.89. The predicted molar refractivity (Wildman–Crippen MR) is 87.3 cm³/mol. The Hall–Kier alpha value is -2.65. The van der Waals surface area contributed by atoms with Crippen LogP contribution in [0.5, 0.6) is 5.75 Å². The zero-order valence-corrected chi connectivity index (χ0v) is 15.2. The van der Waals surface area contributed by atoms with Crippen molar-refractivity contribution in [2.45, 2.75) is 39.3 Å². The number of halogens is 5. The number of furan rings is 1. The van der Waals surface area contributed by atoms with E-state index < -0.39 is 53.3 Å². The number of nitrogens with zero attached hydrogens (tertiary/aromatic N) is 1. The Morgan fingerprint density at radius 2 is 1.93 bits per heavy atom. The van der Waals surface area contributed by atoms with Gasteiger partial charge in [-0.1, -0.05) is 13.8 Å². The van der Waals surface area contributed by atoms with Crippen LogP contribution in [0.4, 0.5) is 22.0 Å². The summed E-state index contributed by atoms with van der Waals surface area (Å²) in [4.78, 5) is 15.3. The van der Waals surface area contributed by atoms with Gasteiger partial charge in [-0.05, 0) is 23.5 Å². The van der Waals surface area contributed by atoms with Crippen molar-refractivity contribution in [2.75, 3.05) is 7.11 Å². The first-order chi connectivity index (χ1) is 13.0. The van der Waals surface area contributed by atoms with Crippen molar-refractivity contribution in [3.63, 3.8) is 0 Å². The normalized spacial score (nSPS) is 12.1. The van der Waals surface area contributed by atoms with E-state index in [4.69, 9.17) is 4.42 Å². The van der Waals surface area contributed by atoms with Crippen LogP contribution in [-0.2, 0) is 23.8 Å². The number of carbonyl (C=O) groups excluding carboxylic acids is 1. The number of hydrogen-bond donors (Lipinski definition) is 1. The third-order valence-corrected chi connectivity index (χ3v) is 3.98. The summed E-state index contributed by atoms with van der Waals surface area (Å²) in [6.45, 7) is 3.32. The maximum atomic E-state index is 13.6. The number of methoxy groups -OCH3 is 1. The van der Waals surface area contributed by atoms with Gasteiger partial charge in [-0.25, -0.2) is 18.6 Å². The first-order valence-electron chi connectivity index (χ1n) is 8.21. The van der Waals surface area contributed by atoms with Gasteiger partial charge in [-0.15, -0.1) is 0 Å². The summed E-state index contributed by atoms with van der Waals surface area (Å²) < 4.78 is 77.4. The van der Waals surface area contributed by atoms with Crippen molar-refractivity contribution in [1.82, 2.24) is 4.98 Å². The average Bonchev–Trinajstić information content (AvgIpc) is 2.98. The predicted octanol–water partition coefficient (Wildman–Crippen LogP) is 4.91. The van der Waals surface area contributed by atoms with E-state index in [9.17, 15) is 31.9 Å². The molecule has 0 saturated carbocycles. The fraction of sp³-hybridized carbons (Fsp3) is 0.444. The highest BCUT2D eigenvalue weighted by atomic mass is 19.4. The van der Waals surface area contributed by atoms with E-state index in [0.717, 1.165) is 19.4 Å². The van der Waals surface area contributed by atoms with Crippen LogP contribution in [0.25, 0.3) is 0 Å². The molecule has 0 aliphatic rings. The average molecular weight is 407 g/mol. The van der Waals surface area contributed by atoms with Gasteiger partial charge in [0.2, 0.25) is 0 Å². The summed E-state index contributed by atoms with van der Waals surface area (Å²) in [5, 5.41) is 9.74. The van der Waals surface area contributed by atoms with E-state index in [0.29, 0.717) is 0 Å². The van der Waals surface area contributed by atoms with Gasteiger partial charge in [0.1, 0.15) is 17.1 Å². The van der Waals surface area contributed by atoms with Crippen LogP contribution in [-0.4, -0.2) is 23.2 Å². The van der Waals surface area contributed by atoms with Gasteiger partial charge in [0, 0.05) is 12.5 Å². The quantitative estimate of drug-likeness (QED) is 0.544. The highest BCUT2D eigenvalue weighted by molar-refractivity contribution is 5.93. The molecule has 0 aliphatic heterocycles. The highest BCUT2D eigenvalue weighted by Crippen LogP contribution is 2.39. The molecule has 154 valence electrons. The molecule has 2 aromatic heterocycles. The molecular formula is C18H18F5NO4. The van der Waals surface area contributed by atoms with Crippen molar-refractivity contribution < 1.29 is 41.0 Å². The van der Waals surface area contributed by atoms with Crippen molar-refractivity contribution in [1.29, 1.82) is 0 Å². The van der Waals surface area contributed by atoms with Gasteiger partial charge in [-0.2, -0.15) is 13.2 Å². The van der Waals surface area contributed by atoms with Crippen LogP contribution in [0, 0.1) is 5.92 Å². The molecule has 2 rings (SSSR count). The second kappa shape index (κ2) is 8.15. The van der Waals surface area contributed by atoms with E-state index in [1.54, 1.807) is 13.8 Å². The minimum absolute atomic E-state index is 0.118. The maximum Gasteiger partial charge on any atom is 0.433 e. The summed E-state index contributed by atoms with van der Waals surface area (Å²) in [7, 11) is 0.937. The second-order valence-corrected chi connectivity index (χ2v) is 6.47. The molecule has 2 aromatic rings. The van der Waals surface area contributed by atoms with Crippen molar-refractivity contribution in [3.05, 3.63) is 46.2 Å². The number of aromatic nitrogens is 1. The van der Waals surface area contributed by atoms with Crippen LogP contribution >= 0.6 is 0 Å². The molecule has 1 N–H and O–H groups in total. The number of rotatable bonds is 6. The van der Waals surface area contributed by atoms with E-state index in [2.05, 4.69) is 9.72 Å². The second-order valence-electron chi connectivity index (χ2n) is 6.47. The highest BCUT2D eigenvalue weighted by Gasteiger charge is 2.41. The fourth-order valence-electron chi connectivity index (χ4n) is 2.87. The molecule has 0 aromatic carbocycles. The molecule has 0 bridgehead atoms. The zero-order valence-electron chi connectivity index (χ0n) is 15.2. The number of esters is 1. The molecule has 28 heavy (non-hydrogen) atoms. The summed E-state index contributed by atoms with van der Waals surface area (Å²) in [5.41, 5.74) is -4.31. The molecule has 10 heteroatoms. The van der Waals surface area contributed by atoms with Gasteiger partial charge >= 0.3 is 12.1 Å². The molecule has 0 saturated heterocycles. The largest absolute Gasteiger partial charge is 0.504 e. The summed E-state index contributed by atoms with van der Waals surface area (Å²) in [5.74, 6) is -2.10. The van der Waals surface area contributed by atoms with Gasteiger partial charge < -0.3 is 14.3 Å². The minimum Gasteiger partial charge on any atom is -0.504 e. The third-order valence-electron chi connectivity index (χ3n) is 3.98. The number of ether oxygens (including phenoxy) is 1. The summed E-state index contributed by atoms with van der Waals surface area (Å²) >= 11 is 0. The lowest BCUT2D eigenvalue weighted by Gasteiger charge is -2.22. The van der Waals surface area contributed by atoms with Gasteiger partial charge in [0.15, 0.2) is 5.75 Å². The molecule has 0 aliphatic carbocycles. The van der Waals surface area contributed by atoms with Crippen molar-refractivity contribution in [3.8, 4) is 5.75 Å². The molecular weight excluding hydrogens is 389 g/mol. The van der Waals surface area contributed by atoms with Gasteiger partial charge in [0.25, 0.3) is 6.43 Å². The Kier molecular flexibility index (Phi) is 6.30. The SMILES string of the molecule is COC(=O)c1c(C(F)F)nc(C(F)(F)F)c(Cc2occc2O)c1CC(C)C. The Bertz CT molecular complexity index is 858. The number of alkyl halides is 5. The number of pyridine rings is 1. The molecule has 0 atom stereocenters. The van der Waals surface area contributed by atoms with E-state index in [1.165, 1.54) is 0 Å². The lowest BCUT2D eigenvalue weighted by molar-refractivity contribution is -0.142. The maximum absolute atomic E-state index is 13.6. The first kappa shape index (κ1) is 21.6. The summed E-state index contributed by atoms with van der Waals surface area (Å²) in [6.07, 6.45) is -8.13. The monoisotopic (exact) mass is 407 g/mol. The lowest BCUT2D eigenvalue weighted by Crippen LogP contribution is -2.22. The van der Waals surface area contributed by atoms with Crippen LogP contribution in [0.2, 0.25) is 0 Å². The fourth-order valence-corrected chi connectivity index (χ4v) is 2.87. The Morgan fingerprint density at radius 3 is 2.36 bits per heavy atom. The topological polar surface area (TPSA) is 72.6 Å². The molecule has 2 heterocycles. The molecule has 0 radical (unpaired) electrons. The summed E-state index contributed by atoms with van der Waals surface area (Å²) in [6, 6.07) is 1.13. The first-order valence-corrected chi connectivity index (χ1v) is 8.21. The van der Waals surface area contributed by atoms with Gasteiger partial charge in [-0.3, -0.25) is 0 Å². The number of carbonyl (C=O) groups is 1. The smallest absolute Gasteiger partial charge is 0.433 e. The van der Waals surface area contributed by atoms with Crippen LogP contribution in [0.15, 0.2) is 16.7 Å². The third kappa shape index (κ3) is 4.42. The van der Waals surface area contributed by atoms with E-state index in [1.807, 2.05) is 0 Å². The van der Waals surface area contributed by atoms with Crippen molar-refractivity contribution >= 4 is 5.97 Å². The molecule has 0 spiro atoms.